The maximum atomic E-state index is 11.1. The first kappa shape index (κ1) is 11.3. The summed E-state index contributed by atoms with van der Waals surface area (Å²) in [6.07, 6.45) is 1.01. The van der Waals surface area contributed by atoms with Gasteiger partial charge in [-0.2, -0.15) is 0 Å². The summed E-state index contributed by atoms with van der Waals surface area (Å²) in [5, 5.41) is 6.25. The molecule has 2 atom stereocenters. The van der Waals surface area contributed by atoms with Crippen LogP contribution in [-0.4, -0.2) is 19.1 Å². The molecule has 1 aliphatic rings. The number of rotatable bonds is 2. The van der Waals surface area contributed by atoms with Crippen LogP contribution in [0.3, 0.4) is 0 Å². The van der Waals surface area contributed by atoms with Crippen molar-refractivity contribution in [2.24, 2.45) is 0 Å². The second-order valence-corrected chi connectivity index (χ2v) is 4.59. The Labute approximate surface area is 100 Å². The van der Waals surface area contributed by atoms with Crippen molar-refractivity contribution in [3.63, 3.8) is 0 Å². The molecular formula is C12H15ClN2O. The first-order valence-electron chi connectivity index (χ1n) is 5.36. The minimum Gasteiger partial charge on any atom is -0.341 e. The molecule has 2 N–H and O–H groups in total. The fraction of sp³-hybridized carbons (Fsp3) is 0.417. The van der Waals surface area contributed by atoms with Gasteiger partial charge >= 0.3 is 6.03 Å². The molecule has 2 rings (SSSR count). The molecule has 4 heteroatoms. The lowest BCUT2D eigenvalue weighted by Crippen LogP contribution is -2.34. The third kappa shape index (κ3) is 2.30. The van der Waals surface area contributed by atoms with Crippen molar-refractivity contribution in [1.29, 1.82) is 0 Å². The number of carbonyl (C=O) groups is 1. The number of halogens is 1. The normalized spacial score (nSPS) is 22.7. The molecule has 0 aliphatic heterocycles. The van der Waals surface area contributed by atoms with Crippen LogP contribution >= 0.6 is 11.6 Å². The first-order valence-corrected chi connectivity index (χ1v) is 5.74. The molecule has 1 aromatic rings. The zero-order chi connectivity index (χ0) is 11.7. The predicted octanol–water partition coefficient (Wildman–Crippen LogP) is 2.43. The van der Waals surface area contributed by atoms with E-state index in [1.54, 1.807) is 7.05 Å². The first-order chi connectivity index (χ1) is 7.61. The van der Waals surface area contributed by atoms with Gasteiger partial charge in [0, 0.05) is 24.0 Å². The standard InChI is InChI=1S/C12H15ClN2O/c1-7-5-8(3-4-10(7)13)9-6-11(9)15-12(16)14-2/h3-5,9,11H,6H2,1-2H3,(H2,14,15,16). The van der Waals surface area contributed by atoms with Gasteiger partial charge in [-0.05, 0) is 30.5 Å². The van der Waals surface area contributed by atoms with Gasteiger partial charge in [-0.15, -0.1) is 0 Å². The van der Waals surface area contributed by atoms with Crippen LogP contribution in [0.5, 0.6) is 0 Å². The Morgan fingerprint density at radius 1 is 1.50 bits per heavy atom. The van der Waals surface area contributed by atoms with Gasteiger partial charge in [-0.1, -0.05) is 23.7 Å². The summed E-state index contributed by atoms with van der Waals surface area (Å²) in [6.45, 7) is 2.00. The Kier molecular flexibility index (Phi) is 3.06. The lowest BCUT2D eigenvalue weighted by atomic mass is 10.1. The monoisotopic (exact) mass is 238 g/mol. The molecule has 0 saturated heterocycles. The van der Waals surface area contributed by atoms with Crippen molar-refractivity contribution in [2.45, 2.75) is 25.3 Å². The SMILES string of the molecule is CNC(=O)NC1CC1c1ccc(Cl)c(C)c1. The van der Waals surface area contributed by atoms with E-state index in [1.165, 1.54) is 5.56 Å². The topological polar surface area (TPSA) is 41.1 Å². The van der Waals surface area contributed by atoms with Gasteiger partial charge in [-0.3, -0.25) is 0 Å². The summed E-state index contributed by atoms with van der Waals surface area (Å²) in [7, 11) is 1.62. The zero-order valence-corrected chi connectivity index (χ0v) is 10.1. The highest BCUT2D eigenvalue weighted by Crippen LogP contribution is 2.41. The molecule has 2 amide bonds. The van der Waals surface area contributed by atoms with Crippen molar-refractivity contribution in [3.8, 4) is 0 Å². The van der Waals surface area contributed by atoms with Crippen molar-refractivity contribution < 1.29 is 4.79 Å². The fourth-order valence-electron chi connectivity index (χ4n) is 1.86. The number of aryl methyl sites for hydroxylation is 1. The molecule has 1 aliphatic carbocycles. The number of nitrogens with one attached hydrogen (secondary N) is 2. The van der Waals surface area contributed by atoms with Gasteiger partial charge < -0.3 is 10.6 Å². The average Bonchev–Trinajstić information content (AvgIpc) is 3.01. The van der Waals surface area contributed by atoms with Gasteiger partial charge in [0.15, 0.2) is 0 Å². The lowest BCUT2D eigenvalue weighted by Gasteiger charge is -2.05. The van der Waals surface area contributed by atoms with E-state index < -0.39 is 0 Å². The highest BCUT2D eigenvalue weighted by molar-refractivity contribution is 6.31. The third-order valence-electron chi connectivity index (χ3n) is 2.94. The third-order valence-corrected chi connectivity index (χ3v) is 3.37. The van der Waals surface area contributed by atoms with E-state index in [-0.39, 0.29) is 12.1 Å². The number of benzene rings is 1. The highest BCUT2D eigenvalue weighted by Gasteiger charge is 2.39. The molecule has 86 valence electrons. The molecule has 1 aromatic carbocycles. The van der Waals surface area contributed by atoms with Crippen LogP contribution in [0.2, 0.25) is 5.02 Å². The number of hydrogen-bond acceptors (Lipinski definition) is 1. The quantitative estimate of drug-likeness (QED) is 0.817. The molecule has 1 saturated carbocycles. The molecule has 16 heavy (non-hydrogen) atoms. The number of carbonyl (C=O) groups excluding carboxylic acids is 1. The minimum absolute atomic E-state index is 0.113. The molecule has 3 nitrogen and oxygen atoms in total. The van der Waals surface area contributed by atoms with Gasteiger partial charge in [0.05, 0.1) is 0 Å². The largest absolute Gasteiger partial charge is 0.341 e. The summed E-state index contributed by atoms with van der Waals surface area (Å²) in [5.74, 6) is 0.438. The van der Waals surface area contributed by atoms with Crippen molar-refractivity contribution in [2.75, 3.05) is 7.05 Å². The Bertz CT molecular complexity index is 419. The maximum Gasteiger partial charge on any atom is 0.314 e. The summed E-state index contributed by atoms with van der Waals surface area (Å²) >= 11 is 5.97. The van der Waals surface area contributed by atoms with Crippen LogP contribution in [0, 0.1) is 6.92 Å². The van der Waals surface area contributed by atoms with E-state index >= 15 is 0 Å². The number of urea groups is 1. The summed E-state index contributed by atoms with van der Waals surface area (Å²) in [4.78, 5) is 11.1. The molecular weight excluding hydrogens is 224 g/mol. The Morgan fingerprint density at radius 3 is 2.88 bits per heavy atom. The Morgan fingerprint density at radius 2 is 2.25 bits per heavy atom. The number of amides is 2. The van der Waals surface area contributed by atoms with Crippen molar-refractivity contribution >= 4 is 17.6 Å². The Balaban J connectivity index is 2.00. The van der Waals surface area contributed by atoms with Crippen LogP contribution in [0.4, 0.5) is 4.79 Å². The predicted molar refractivity (Wildman–Crippen MR) is 64.9 cm³/mol. The van der Waals surface area contributed by atoms with E-state index in [0.29, 0.717) is 5.92 Å². The van der Waals surface area contributed by atoms with Crippen LogP contribution < -0.4 is 10.6 Å². The molecule has 1 fully saturated rings. The van der Waals surface area contributed by atoms with Crippen molar-refractivity contribution in [1.82, 2.24) is 10.6 Å². The van der Waals surface area contributed by atoms with Gasteiger partial charge in [0.25, 0.3) is 0 Å². The van der Waals surface area contributed by atoms with Crippen LogP contribution in [-0.2, 0) is 0 Å². The van der Waals surface area contributed by atoms with E-state index in [2.05, 4.69) is 16.7 Å². The molecule has 0 aromatic heterocycles. The zero-order valence-electron chi connectivity index (χ0n) is 9.38. The summed E-state index contributed by atoms with van der Waals surface area (Å²) in [6, 6.07) is 6.20. The van der Waals surface area contributed by atoms with Crippen LogP contribution in [0.1, 0.15) is 23.5 Å². The highest BCUT2D eigenvalue weighted by atomic mass is 35.5. The smallest absolute Gasteiger partial charge is 0.314 e. The van der Waals surface area contributed by atoms with E-state index in [0.717, 1.165) is 17.0 Å². The van der Waals surface area contributed by atoms with Gasteiger partial charge in [0.1, 0.15) is 0 Å². The molecule has 0 bridgehead atoms. The van der Waals surface area contributed by atoms with E-state index in [9.17, 15) is 4.79 Å². The maximum absolute atomic E-state index is 11.1. The average molecular weight is 239 g/mol. The second-order valence-electron chi connectivity index (χ2n) is 4.18. The lowest BCUT2D eigenvalue weighted by molar-refractivity contribution is 0.242. The minimum atomic E-state index is -0.113. The van der Waals surface area contributed by atoms with Crippen LogP contribution in [0.25, 0.3) is 0 Å². The van der Waals surface area contributed by atoms with E-state index in [4.69, 9.17) is 11.6 Å². The second kappa shape index (κ2) is 4.34. The summed E-state index contributed by atoms with van der Waals surface area (Å²) < 4.78 is 0. The molecule has 0 radical (unpaired) electrons. The molecule has 2 unspecified atom stereocenters. The fourth-order valence-corrected chi connectivity index (χ4v) is 1.98. The molecule has 0 spiro atoms. The van der Waals surface area contributed by atoms with Crippen LogP contribution in [0.15, 0.2) is 18.2 Å². The van der Waals surface area contributed by atoms with Gasteiger partial charge in [-0.25, -0.2) is 4.79 Å². The molecule has 0 heterocycles. The van der Waals surface area contributed by atoms with Gasteiger partial charge in [0.2, 0.25) is 0 Å². The summed E-state index contributed by atoms with van der Waals surface area (Å²) in [5.41, 5.74) is 2.34. The number of hydrogen-bond donors (Lipinski definition) is 2. The Hall–Kier alpha value is -1.22. The van der Waals surface area contributed by atoms with Crippen molar-refractivity contribution in [3.05, 3.63) is 34.3 Å². The van der Waals surface area contributed by atoms with E-state index in [1.807, 2.05) is 19.1 Å².